The van der Waals surface area contributed by atoms with Gasteiger partial charge in [-0.1, -0.05) is 17.7 Å². The molecule has 1 aromatic heterocycles. The van der Waals surface area contributed by atoms with E-state index in [9.17, 15) is 27.6 Å². The first-order valence-corrected chi connectivity index (χ1v) is 9.09. The zero-order chi connectivity index (χ0) is 22.8. The van der Waals surface area contributed by atoms with Crippen molar-refractivity contribution in [1.29, 1.82) is 0 Å². The monoisotopic (exact) mass is 450 g/mol. The van der Waals surface area contributed by atoms with Gasteiger partial charge in [0.05, 0.1) is 11.3 Å². The number of rotatable bonds is 3. The van der Waals surface area contributed by atoms with Crippen molar-refractivity contribution in [3.05, 3.63) is 92.4 Å². The molecule has 2 amide bonds. The van der Waals surface area contributed by atoms with E-state index in [-0.39, 0.29) is 16.9 Å². The Bertz CT molecular complexity index is 1210. The van der Waals surface area contributed by atoms with Crippen LogP contribution in [0.15, 0.2) is 59.4 Å². The molecular weight excluding hydrogens is 437 g/mol. The Kier molecular flexibility index (Phi) is 6.11. The number of nitrogens with zero attached hydrogens (tertiary/aromatic N) is 2. The third kappa shape index (κ3) is 5.10. The van der Waals surface area contributed by atoms with Crippen molar-refractivity contribution < 1.29 is 22.8 Å². The molecule has 31 heavy (non-hydrogen) atoms. The molecule has 7 nitrogen and oxygen atoms in total. The van der Waals surface area contributed by atoms with Gasteiger partial charge in [0, 0.05) is 22.3 Å². The predicted octanol–water partition coefficient (Wildman–Crippen LogP) is 3.29. The van der Waals surface area contributed by atoms with Gasteiger partial charge in [-0.25, -0.2) is 4.68 Å². The third-order valence-electron chi connectivity index (χ3n) is 4.14. The second-order valence-corrected chi connectivity index (χ2v) is 6.81. The van der Waals surface area contributed by atoms with Gasteiger partial charge >= 0.3 is 6.18 Å². The van der Waals surface area contributed by atoms with E-state index in [0.717, 1.165) is 22.9 Å². The standard InChI is InChI=1S/C20H14ClF3N4O3/c1-11-9-16(29)17(19(31)26-25-18(30)12-5-7-14(21)8-6-12)27-28(11)15-4-2-3-13(10-15)20(22,23)24/h2-10H,1H3,(H,25,30)(H,26,31). The third-order valence-corrected chi connectivity index (χ3v) is 4.39. The molecule has 2 N–H and O–H groups in total. The molecule has 3 rings (SSSR count). The van der Waals surface area contributed by atoms with Crippen molar-refractivity contribution in [3.8, 4) is 5.69 Å². The van der Waals surface area contributed by atoms with E-state index in [1.165, 1.54) is 43.3 Å². The molecule has 0 saturated heterocycles. The van der Waals surface area contributed by atoms with Crippen LogP contribution < -0.4 is 16.3 Å². The number of amides is 2. The predicted molar refractivity (Wildman–Crippen MR) is 106 cm³/mol. The van der Waals surface area contributed by atoms with E-state index in [0.29, 0.717) is 5.02 Å². The maximum Gasteiger partial charge on any atom is 0.416 e. The zero-order valence-corrected chi connectivity index (χ0v) is 16.6. The fourth-order valence-corrected chi connectivity index (χ4v) is 2.75. The van der Waals surface area contributed by atoms with E-state index >= 15 is 0 Å². The first-order chi connectivity index (χ1) is 14.6. The fourth-order valence-electron chi connectivity index (χ4n) is 2.63. The molecule has 0 fully saturated rings. The second kappa shape index (κ2) is 8.60. The molecule has 0 saturated carbocycles. The molecule has 2 aromatic carbocycles. The molecule has 0 aliphatic carbocycles. The van der Waals surface area contributed by atoms with Gasteiger partial charge in [-0.3, -0.25) is 25.2 Å². The van der Waals surface area contributed by atoms with Crippen molar-refractivity contribution >= 4 is 23.4 Å². The van der Waals surface area contributed by atoms with Gasteiger partial charge in [0.1, 0.15) is 0 Å². The number of carbonyl (C=O) groups is 2. The molecule has 11 heteroatoms. The Labute approximate surface area is 178 Å². The van der Waals surface area contributed by atoms with E-state index in [1.807, 2.05) is 0 Å². The number of hydrazine groups is 1. The number of benzene rings is 2. The van der Waals surface area contributed by atoms with Crippen LogP contribution in [0.4, 0.5) is 13.2 Å². The molecule has 160 valence electrons. The van der Waals surface area contributed by atoms with Crippen LogP contribution in [0, 0.1) is 6.92 Å². The van der Waals surface area contributed by atoms with E-state index in [4.69, 9.17) is 11.6 Å². The van der Waals surface area contributed by atoms with Gasteiger partial charge in [-0.2, -0.15) is 18.3 Å². The van der Waals surface area contributed by atoms with Gasteiger partial charge in [0.2, 0.25) is 5.43 Å². The molecule has 0 atom stereocenters. The first kappa shape index (κ1) is 22.0. The SMILES string of the molecule is Cc1cc(=O)c(C(=O)NNC(=O)c2ccc(Cl)cc2)nn1-c1cccc(C(F)(F)F)c1. The summed E-state index contributed by atoms with van der Waals surface area (Å²) in [5, 5.41) is 4.30. The van der Waals surface area contributed by atoms with Crippen molar-refractivity contribution in [2.45, 2.75) is 13.1 Å². The van der Waals surface area contributed by atoms with Gasteiger partial charge in [-0.15, -0.1) is 0 Å². The Morgan fingerprint density at radius 2 is 1.65 bits per heavy atom. The van der Waals surface area contributed by atoms with Gasteiger partial charge < -0.3 is 0 Å². The van der Waals surface area contributed by atoms with E-state index < -0.39 is 34.7 Å². The van der Waals surface area contributed by atoms with Crippen molar-refractivity contribution in [1.82, 2.24) is 20.6 Å². The Hall–Kier alpha value is -3.66. The maximum atomic E-state index is 13.0. The summed E-state index contributed by atoms with van der Waals surface area (Å²) in [5.41, 5.74) is 2.32. The number of hydrogen-bond acceptors (Lipinski definition) is 4. The van der Waals surface area contributed by atoms with Crippen molar-refractivity contribution in [2.24, 2.45) is 0 Å². The second-order valence-electron chi connectivity index (χ2n) is 6.37. The molecule has 3 aromatic rings. The lowest BCUT2D eigenvalue weighted by Crippen LogP contribution is -2.44. The Morgan fingerprint density at radius 3 is 2.29 bits per heavy atom. The van der Waals surface area contributed by atoms with Crippen LogP contribution in [0.1, 0.15) is 32.1 Å². The molecule has 1 heterocycles. The maximum absolute atomic E-state index is 13.0. The van der Waals surface area contributed by atoms with Crippen LogP contribution in [0.3, 0.4) is 0 Å². The number of alkyl halides is 3. The summed E-state index contributed by atoms with van der Waals surface area (Å²) >= 11 is 5.74. The van der Waals surface area contributed by atoms with Crippen LogP contribution in [-0.4, -0.2) is 21.6 Å². The first-order valence-electron chi connectivity index (χ1n) is 8.71. The minimum atomic E-state index is -4.57. The largest absolute Gasteiger partial charge is 0.416 e. The fraction of sp³-hybridized carbons (Fsp3) is 0.100. The van der Waals surface area contributed by atoms with E-state index in [1.54, 1.807) is 0 Å². The summed E-state index contributed by atoms with van der Waals surface area (Å²) in [6, 6.07) is 11.1. The highest BCUT2D eigenvalue weighted by molar-refractivity contribution is 6.30. The molecular formula is C20H14ClF3N4O3. The molecule has 0 bridgehead atoms. The Balaban J connectivity index is 1.85. The molecule has 0 aliphatic heterocycles. The molecule has 0 unspecified atom stereocenters. The quantitative estimate of drug-likeness (QED) is 0.599. The van der Waals surface area contributed by atoms with Crippen molar-refractivity contribution in [3.63, 3.8) is 0 Å². The molecule has 0 spiro atoms. The number of carbonyl (C=O) groups excluding carboxylic acids is 2. The minimum Gasteiger partial charge on any atom is -0.287 e. The summed E-state index contributed by atoms with van der Waals surface area (Å²) in [5.74, 6) is -1.71. The van der Waals surface area contributed by atoms with Crippen LogP contribution in [0.2, 0.25) is 5.02 Å². The van der Waals surface area contributed by atoms with Gasteiger partial charge in [0.15, 0.2) is 5.69 Å². The van der Waals surface area contributed by atoms with Crippen LogP contribution in [0.5, 0.6) is 0 Å². The smallest absolute Gasteiger partial charge is 0.287 e. The average Bonchev–Trinajstić information content (AvgIpc) is 2.72. The lowest BCUT2D eigenvalue weighted by molar-refractivity contribution is -0.137. The normalized spacial score (nSPS) is 11.1. The van der Waals surface area contributed by atoms with Gasteiger partial charge in [0.25, 0.3) is 11.8 Å². The summed E-state index contributed by atoms with van der Waals surface area (Å²) in [6.45, 7) is 1.46. The highest BCUT2D eigenvalue weighted by atomic mass is 35.5. The molecule has 0 aliphatic rings. The van der Waals surface area contributed by atoms with Crippen LogP contribution in [-0.2, 0) is 6.18 Å². The average molecular weight is 451 g/mol. The topological polar surface area (TPSA) is 93.1 Å². The Morgan fingerprint density at radius 1 is 1.00 bits per heavy atom. The molecule has 0 radical (unpaired) electrons. The minimum absolute atomic E-state index is 0.00609. The summed E-state index contributed by atoms with van der Waals surface area (Å²) in [7, 11) is 0. The van der Waals surface area contributed by atoms with Crippen LogP contribution >= 0.6 is 11.6 Å². The highest BCUT2D eigenvalue weighted by Gasteiger charge is 2.30. The summed E-state index contributed by atoms with van der Waals surface area (Å²) < 4.78 is 40.0. The summed E-state index contributed by atoms with van der Waals surface area (Å²) in [4.78, 5) is 36.6. The number of nitrogens with one attached hydrogen (secondary N) is 2. The van der Waals surface area contributed by atoms with Gasteiger partial charge in [-0.05, 0) is 49.4 Å². The highest BCUT2D eigenvalue weighted by Crippen LogP contribution is 2.30. The van der Waals surface area contributed by atoms with E-state index in [2.05, 4.69) is 16.0 Å². The number of hydrogen-bond donors (Lipinski definition) is 2. The number of aryl methyl sites for hydroxylation is 1. The summed E-state index contributed by atoms with van der Waals surface area (Å²) in [6.07, 6.45) is -4.57. The number of halogens is 4. The lowest BCUT2D eigenvalue weighted by atomic mass is 10.2. The zero-order valence-electron chi connectivity index (χ0n) is 15.8. The van der Waals surface area contributed by atoms with Crippen LogP contribution in [0.25, 0.3) is 5.69 Å². The lowest BCUT2D eigenvalue weighted by Gasteiger charge is -2.14. The number of aromatic nitrogens is 2. The van der Waals surface area contributed by atoms with Crippen molar-refractivity contribution in [2.75, 3.05) is 0 Å².